The molecule has 6 heteroatoms. The summed E-state index contributed by atoms with van der Waals surface area (Å²) < 4.78 is 26.5. The number of hydrogen-bond donors (Lipinski definition) is 2. The Kier molecular flexibility index (Phi) is 5.18. The van der Waals surface area contributed by atoms with Gasteiger partial charge in [0.1, 0.15) is 0 Å². The predicted molar refractivity (Wildman–Crippen MR) is 90.9 cm³/mol. The van der Waals surface area contributed by atoms with Gasteiger partial charge in [-0.1, -0.05) is 35.9 Å². The maximum Gasteiger partial charge on any atom is 0.241 e. The zero-order valence-electron chi connectivity index (χ0n) is 13.4. The minimum Gasteiger partial charge on any atom is -0.324 e. The molecule has 0 unspecified atom stereocenters. The van der Waals surface area contributed by atoms with E-state index in [1.807, 2.05) is 32.9 Å². The Balaban J connectivity index is 2.04. The topological polar surface area (TPSA) is 75.3 Å². The fourth-order valence-corrected chi connectivity index (χ4v) is 3.41. The van der Waals surface area contributed by atoms with Gasteiger partial charge >= 0.3 is 0 Å². The van der Waals surface area contributed by atoms with Gasteiger partial charge in [0, 0.05) is 5.69 Å². The second-order valence-corrected chi connectivity index (χ2v) is 7.23. The molecule has 2 rings (SSSR count). The SMILES string of the molecule is Cc1cc(C)c(NC(=O)CNS(=O)(=O)c2ccccc2)c(C)c1. The Bertz CT molecular complexity index is 792. The molecule has 0 atom stereocenters. The minimum absolute atomic E-state index is 0.135. The van der Waals surface area contributed by atoms with Crippen molar-refractivity contribution in [3.8, 4) is 0 Å². The van der Waals surface area contributed by atoms with Gasteiger partial charge in [0.15, 0.2) is 0 Å². The molecule has 0 aliphatic carbocycles. The molecule has 0 aliphatic heterocycles. The molecule has 23 heavy (non-hydrogen) atoms. The van der Waals surface area contributed by atoms with E-state index in [-0.39, 0.29) is 11.4 Å². The summed E-state index contributed by atoms with van der Waals surface area (Å²) in [4.78, 5) is 12.2. The number of rotatable bonds is 5. The quantitative estimate of drug-likeness (QED) is 0.883. The average Bonchev–Trinajstić information content (AvgIpc) is 2.50. The second kappa shape index (κ2) is 6.93. The largest absolute Gasteiger partial charge is 0.324 e. The van der Waals surface area contributed by atoms with Crippen LogP contribution in [-0.2, 0) is 14.8 Å². The standard InChI is InChI=1S/C17H20N2O3S/c1-12-9-13(2)17(14(3)10-12)19-16(20)11-18-23(21,22)15-7-5-4-6-8-15/h4-10,18H,11H2,1-3H3,(H,19,20). The number of benzene rings is 2. The highest BCUT2D eigenvalue weighted by Crippen LogP contribution is 2.21. The van der Waals surface area contributed by atoms with Gasteiger partial charge in [-0.05, 0) is 44.0 Å². The molecule has 1 amide bonds. The van der Waals surface area contributed by atoms with Crippen molar-refractivity contribution in [1.82, 2.24) is 4.72 Å². The van der Waals surface area contributed by atoms with Crippen LogP contribution in [0.15, 0.2) is 47.4 Å². The van der Waals surface area contributed by atoms with Gasteiger partial charge in [-0.3, -0.25) is 4.79 Å². The number of carbonyl (C=O) groups excluding carboxylic acids is 1. The Labute approximate surface area is 136 Å². The van der Waals surface area contributed by atoms with E-state index in [1.165, 1.54) is 12.1 Å². The van der Waals surface area contributed by atoms with Crippen molar-refractivity contribution in [2.45, 2.75) is 25.7 Å². The van der Waals surface area contributed by atoms with Gasteiger partial charge in [0.2, 0.25) is 15.9 Å². The molecule has 0 radical (unpaired) electrons. The van der Waals surface area contributed by atoms with Crippen molar-refractivity contribution in [2.75, 3.05) is 11.9 Å². The lowest BCUT2D eigenvalue weighted by Gasteiger charge is -2.13. The molecular formula is C17H20N2O3S. The summed E-state index contributed by atoms with van der Waals surface area (Å²) in [6, 6.07) is 11.9. The molecule has 0 spiro atoms. The number of aryl methyl sites for hydroxylation is 3. The average molecular weight is 332 g/mol. The molecule has 0 aliphatic rings. The number of anilines is 1. The van der Waals surface area contributed by atoms with Crippen LogP contribution < -0.4 is 10.0 Å². The van der Waals surface area contributed by atoms with E-state index in [1.54, 1.807) is 18.2 Å². The smallest absolute Gasteiger partial charge is 0.241 e. The normalized spacial score (nSPS) is 11.3. The van der Waals surface area contributed by atoms with Gasteiger partial charge < -0.3 is 5.32 Å². The minimum atomic E-state index is -3.69. The van der Waals surface area contributed by atoms with Crippen molar-refractivity contribution in [3.05, 3.63) is 59.2 Å². The van der Waals surface area contributed by atoms with Crippen LogP contribution in [0.5, 0.6) is 0 Å². The fourth-order valence-electron chi connectivity index (χ4n) is 2.40. The van der Waals surface area contributed by atoms with E-state index in [0.29, 0.717) is 0 Å². The third-order valence-electron chi connectivity index (χ3n) is 3.42. The zero-order valence-corrected chi connectivity index (χ0v) is 14.2. The summed E-state index contributed by atoms with van der Waals surface area (Å²) in [6.45, 7) is 5.48. The highest BCUT2D eigenvalue weighted by Gasteiger charge is 2.15. The van der Waals surface area contributed by atoms with Crippen molar-refractivity contribution < 1.29 is 13.2 Å². The van der Waals surface area contributed by atoms with Crippen molar-refractivity contribution in [1.29, 1.82) is 0 Å². The highest BCUT2D eigenvalue weighted by atomic mass is 32.2. The van der Waals surface area contributed by atoms with Crippen LogP contribution in [-0.4, -0.2) is 20.9 Å². The lowest BCUT2D eigenvalue weighted by molar-refractivity contribution is -0.115. The third-order valence-corrected chi connectivity index (χ3v) is 4.83. The Morgan fingerprint density at radius 2 is 1.57 bits per heavy atom. The molecule has 0 fully saturated rings. The summed E-state index contributed by atoms with van der Waals surface area (Å²) in [5.41, 5.74) is 3.73. The summed E-state index contributed by atoms with van der Waals surface area (Å²) in [5.74, 6) is -0.403. The van der Waals surface area contributed by atoms with Crippen molar-refractivity contribution in [2.24, 2.45) is 0 Å². The molecule has 0 saturated heterocycles. The molecular weight excluding hydrogens is 312 g/mol. The second-order valence-electron chi connectivity index (χ2n) is 5.46. The van der Waals surface area contributed by atoms with E-state index in [2.05, 4.69) is 10.0 Å². The maximum atomic E-state index is 12.1. The molecule has 2 aromatic rings. The van der Waals surface area contributed by atoms with Crippen molar-refractivity contribution >= 4 is 21.6 Å². The summed E-state index contributed by atoms with van der Waals surface area (Å²) >= 11 is 0. The number of amides is 1. The number of hydrogen-bond acceptors (Lipinski definition) is 3. The molecule has 2 aromatic carbocycles. The molecule has 0 bridgehead atoms. The third kappa shape index (κ3) is 4.40. The van der Waals surface area contributed by atoms with E-state index in [9.17, 15) is 13.2 Å². The maximum absolute atomic E-state index is 12.1. The fraction of sp³-hybridized carbons (Fsp3) is 0.235. The first kappa shape index (κ1) is 17.2. The number of nitrogens with one attached hydrogen (secondary N) is 2. The Morgan fingerprint density at radius 1 is 1.00 bits per heavy atom. The lowest BCUT2D eigenvalue weighted by atomic mass is 10.1. The monoisotopic (exact) mass is 332 g/mol. The van der Waals surface area contributed by atoms with E-state index >= 15 is 0 Å². The van der Waals surface area contributed by atoms with Crippen LogP contribution in [0.2, 0.25) is 0 Å². The van der Waals surface area contributed by atoms with E-state index in [4.69, 9.17) is 0 Å². The van der Waals surface area contributed by atoms with Crippen molar-refractivity contribution in [3.63, 3.8) is 0 Å². The molecule has 2 N–H and O–H groups in total. The first-order chi connectivity index (χ1) is 10.8. The van der Waals surface area contributed by atoms with Gasteiger partial charge in [0.25, 0.3) is 0 Å². The first-order valence-electron chi connectivity index (χ1n) is 7.22. The molecule has 0 aromatic heterocycles. The zero-order chi connectivity index (χ0) is 17.0. The first-order valence-corrected chi connectivity index (χ1v) is 8.70. The lowest BCUT2D eigenvalue weighted by Crippen LogP contribution is -2.33. The molecule has 5 nitrogen and oxygen atoms in total. The Morgan fingerprint density at radius 3 is 2.13 bits per heavy atom. The summed E-state index contributed by atoms with van der Waals surface area (Å²) in [7, 11) is -3.69. The van der Waals surface area contributed by atoms with Gasteiger partial charge in [-0.25, -0.2) is 13.1 Å². The van der Waals surface area contributed by atoms with E-state index < -0.39 is 15.9 Å². The number of carbonyl (C=O) groups is 1. The van der Waals surface area contributed by atoms with Gasteiger partial charge in [-0.15, -0.1) is 0 Å². The van der Waals surface area contributed by atoms with Gasteiger partial charge in [-0.2, -0.15) is 0 Å². The summed E-state index contributed by atoms with van der Waals surface area (Å²) in [5, 5.41) is 2.76. The van der Waals surface area contributed by atoms with Crippen LogP contribution in [0.25, 0.3) is 0 Å². The van der Waals surface area contributed by atoms with E-state index in [0.717, 1.165) is 22.4 Å². The molecule has 0 heterocycles. The Hall–Kier alpha value is -2.18. The van der Waals surface area contributed by atoms with Crippen LogP contribution in [0.4, 0.5) is 5.69 Å². The van der Waals surface area contributed by atoms with Crippen LogP contribution in [0.1, 0.15) is 16.7 Å². The van der Waals surface area contributed by atoms with Crippen LogP contribution in [0.3, 0.4) is 0 Å². The predicted octanol–water partition coefficient (Wildman–Crippen LogP) is 2.53. The molecule has 122 valence electrons. The van der Waals surface area contributed by atoms with Crippen LogP contribution in [0, 0.1) is 20.8 Å². The number of sulfonamides is 1. The molecule has 0 saturated carbocycles. The highest BCUT2D eigenvalue weighted by molar-refractivity contribution is 7.89. The summed E-state index contributed by atoms with van der Waals surface area (Å²) in [6.07, 6.45) is 0. The van der Waals surface area contributed by atoms with Gasteiger partial charge in [0.05, 0.1) is 11.4 Å². The van der Waals surface area contributed by atoms with Crippen LogP contribution >= 0.6 is 0 Å².